The van der Waals surface area contributed by atoms with Gasteiger partial charge in [-0.25, -0.2) is 5.43 Å². The molecule has 180 valence electrons. The van der Waals surface area contributed by atoms with Crippen LogP contribution >= 0.6 is 31.9 Å². The number of amides is 2. The minimum Gasteiger partial charge on any atom is -0.506 e. The first kappa shape index (κ1) is 26.0. The molecular weight excluding hydrogens is 580 g/mol. The molecule has 10 heteroatoms. The molecule has 3 aromatic carbocycles. The molecule has 3 aromatic rings. The minimum atomic E-state index is -0.668. The van der Waals surface area contributed by atoms with E-state index < -0.39 is 11.8 Å². The van der Waals surface area contributed by atoms with Crippen LogP contribution < -0.4 is 15.6 Å². The molecule has 0 atom stereocenters. The van der Waals surface area contributed by atoms with E-state index in [9.17, 15) is 19.8 Å². The minimum absolute atomic E-state index is 0.0223. The summed E-state index contributed by atoms with van der Waals surface area (Å²) in [5.41, 5.74) is 4.64. The number of nitrogens with one attached hydrogen (secondary N) is 2. The number of aromatic hydroxyl groups is 2. The Morgan fingerprint density at radius 1 is 0.971 bits per heavy atom. The molecule has 0 fully saturated rings. The van der Waals surface area contributed by atoms with Crippen molar-refractivity contribution in [3.8, 4) is 11.5 Å². The highest BCUT2D eigenvalue weighted by Crippen LogP contribution is 2.40. The second-order valence-electron chi connectivity index (χ2n) is 7.52. The lowest BCUT2D eigenvalue weighted by atomic mass is 10.1. The molecule has 0 aliphatic rings. The van der Waals surface area contributed by atoms with Crippen molar-refractivity contribution in [1.29, 1.82) is 0 Å². The molecule has 4 N–H and O–H groups in total. The van der Waals surface area contributed by atoms with Gasteiger partial charge in [-0.05, 0) is 73.8 Å². The van der Waals surface area contributed by atoms with Crippen LogP contribution in [0, 0.1) is 0 Å². The lowest BCUT2D eigenvalue weighted by Crippen LogP contribution is -2.32. The number of hydrazone groups is 1. The average molecular weight is 602 g/mol. The van der Waals surface area contributed by atoms with E-state index in [1.54, 1.807) is 30.3 Å². The van der Waals surface area contributed by atoms with Gasteiger partial charge in [-0.1, -0.05) is 30.3 Å². The van der Waals surface area contributed by atoms with Crippen molar-refractivity contribution in [2.24, 2.45) is 5.10 Å². The number of hydrogen-bond acceptors (Lipinski definition) is 6. The van der Waals surface area contributed by atoms with Gasteiger partial charge in [0.05, 0.1) is 10.7 Å². The predicted molar refractivity (Wildman–Crippen MR) is 144 cm³/mol. The summed E-state index contributed by atoms with van der Waals surface area (Å²) in [7, 11) is 3.84. The number of phenolic OH excluding ortho intramolecular Hbond substituents is 2. The fourth-order valence-electron chi connectivity index (χ4n) is 2.91. The second-order valence-corrected chi connectivity index (χ2v) is 9.17. The van der Waals surface area contributed by atoms with E-state index in [0.29, 0.717) is 15.6 Å². The van der Waals surface area contributed by atoms with Crippen LogP contribution in [0.3, 0.4) is 0 Å². The van der Waals surface area contributed by atoms with E-state index >= 15 is 0 Å². The maximum absolute atomic E-state index is 12.9. The van der Waals surface area contributed by atoms with E-state index in [4.69, 9.17) is 0 Å². The summed E-state index contributed by atoms with van der Waals surface area (Å²) in [5, 5.41) is 26.5. The van der Waals surface area contributed by atoms with Gasteiger partial charge >= 0.3 is 0 Å². The van der Waals surface area contributed by atoms with Gasteiger partial charge < -0.3 is 20.4 Å². The van der Waals surface area contributed by atoms with Gasteiger partial charge in [-0.2, -0.15) is 5.10 Å². The van der Waals surface area contributed by atoms with Crippen LogP contribution in [0.15, 0.2) is 80.4 Å². The van der Waals surface area contributed by atoms with Crippen LogP contribution in [-0.4, -0.2) is 42.3 Å². The molecule has 0 heterocycles. The SMILES string of the molecule is CN(C)c1ccc(C=C(NC(=O)c2ccccc2)C(=O)NN=Cc2cc(Br)c(O)c(Br)c2O)cc1. The standard InChI is InChI=1S/C25H22Br2N4O4/c1-31(2)18-10-8-15(9-11-18)12-20(29-24(34)16-6-4-3-5-7-16)25(35)30-28-14-17-13-19(26)23(33)21(27)22(17)32/h3-14,32-33H,1-2H3,(H,29,34)(H,30,35). The number of nitrogens with zero attached hydrogens (tertiary/aromatic N) is 2. The zero-order valence-electron chi connectivity index (χ0n) is 18.8. The largest absolute Gasteiger partial charge is 0.506 e. The zero-order chi connectivity index (χ0) is 25.5. The number of benzene rings is 3. The van der Waals surface area contributed by atoms with E-state index in [2.05, 4.69) is 47.7 Å². The smallest absolute Gasteiger partial charge is 0.287 e. The highest BCUT2D eigenvalue weighted by Gasteiger charge is 2.16. The third-order valence-corrected chi connectivity index (χ3v) is 6.17. The maximum atomic E-state index is 12.9. The van der Waals surface area contributed by atoms with Crippen molar-refractivity contribution in [1.82, 2.24) is 10.7 Å². The van der Waals surface area contributed by atoms with Gasteiger partial charge in [-0.3, -0.25) is 9.59 Å². The first-order valence-corrected chi connectivity index (χ1v) is 11.8. The van der Waals surface area contributed by atoms with E-state index in [1.807, 2.05) is 43.3 Å². The molecule has 35 heavy (non-hydrogen) atoms. The number of hydrogen-bond donors (Lipinski definition) is 4. The summed E-state index contributed by atoms with van der Waals surface area (Å²) < 4.78 is 0.406. The first-order valence-electron chi connectivity index (χ1n) is 10.3. The van der Waals surface area contributed by atoms with Gasteiger partial charge in [0.2, 0.25) is 0 Å². The van der Waals surface area contributed by atoms with Crippen molar-refractivity contribution in [3.63, 3.8) is 0 Å². The molecule has 0 saturated heterocycles. The molecule has 0 radical (unpaired) electrons. The Bertz CT molecular complexity index is 1290. The Hall–Kier alpha value is -3.63. The van der Waals surface area contributed by atoms with Crippen LogP contribution in [0.25, 0.3) is 6.08 Å². The van der Waals surface area contributed by atoms with E-state index in [-0.39, 0.29) is 27.2 Å². The van der Waals surface area contributed by atoms with Gasteiger partial charge in [0.15, 0.2) is 0 Å². The fourth-order valence-corrected chi connectivity index (χ4v) is 4.07. The van der Waals surface area contributed by atoms with Crippen molar-refractivity contribution in [2.45, 2.75) is 0 Å². The van der Waals surface area contributed by atoms with Crippen LogP contribution in [0.1, 0.15) is 21.5 Å². The number of carbonyl (C=O) groups excluding carboxylic acids is 2. The van der Waals surface area contributed by atoms with Crippen LogP contribution in [0.4, 0.5) is 5.69 Å². The van der Waals surface area contributed by atoms with Crippen molar-refractivity contribution in [3.05, 3.63) is 92.0 Å². The molecule has 0 spiro atoms. The molecule has 8 nitrogen and oxygen atoms in total. The molecule has 0 unspecified atom stereocenters. The summed E-state index contributed by atoms with van der Waals surface area (Å²) in [5.74, 6) is -1.54. The first-order chi connectivity index (χ1) is 16.7. The summed E-state index contributed by atoms with van der Waals surface area (Å²) in [4.78, 5) is 27.6. The number of phenols is 2. The number of rotatable bonds is 7. The molecule has 0 aromatic heterocycles. The molecule has 2 amide bonds. The Kier molecular flexibility index (Phi) is 8.67. The monoisotopic (exact) mass is 600 g/mol. The van der Waals surface area contributed by atoms with Crippen molar-refractivity contribution in [2.75, 3.05) is 19.0 Å². The summed E-state index contributed by atoms with van der Waals surface area (Å²) in [6.07, 6.45) is 2.75. The number of carbonyl (C=O) groups is 2. The van der Waals surface area contributed by atoms with Gasteiger partial charge in [0.1, 0.15) is 21.7 Å². The maximum Gasteiger partial charge on any atom is 0.287 e. The van der Waals surface area contributed by atoms with Crippen molar-refractivity contribution < 1.29 is 19.8 Å². The fraction of sp³-hybridized carbons (Fsp3) is 0.0800. The molecule has 3 rings (SSSR count). The lowest BCUT2D eigenvalue weighted by molar-refractivity contribution is -0.117. The Morgan fingerprint density at radius 2 is 1.63 bits per heavy atom. The summed E-state index contributed by atoms with van der Waals surface area (Å²) in [6, 6.07) is 17.4. The molecule has 0 bridgehead atoms. The molecule has 0 aliphatic heterocycles. The van der Waals surface area contributed by atoms with Crippen molar-refractivity contribution >= 4 is 61.7 Å². The molecule has 0 saturated carbocycles. The Labute approximate surface area is 219 Å². The van der Waals surface area contributed by atoms with Crippen LogP contribution in [0.2, 0.25) is 0 Å². The normalized spacial score (nSPS) is 11.4. The van der Waals surface area contributed by atoms with Crippen LogP contribution in [0.5, 0.6) is 11.5 Å². The Balaban J connectivity index is 1.85. The number of halogens is 2. The molecule has 0 aliphatic carbocycles. The zero-order valence-corrected chi connectivity index (χ0v) is 22.0. The van der Waals surface area contributed by atoms with Gasteiger partial charge in [0.25, 0.3) is 11.8 Å². The third kappa shape index (κ3) is 6.71. The lowest BCUT2D eigenvalue weighted by Gasteiger charge is -2.13. The second kappa shape index (κ2) is 11.7. The summed E-state index contributed by atoms with van der Waals surface area (Å²) >= 11 is 6.26. The third-order valence-electron chi connectivity index (χ3n) is 4.82. The molecular formula is C25H22Br2N4O4. The topological polar surface area (TPSA) is 114 Å². The highest BCUT2D eigenvalue weighted by molar-refractivity contribution is 9.11. The highest BCUT2D eigenvalue weighted by atomic mass is 79.9. The van der Waals surface area contributed by atoms with E-state index in [0.717, 1.165) is 5.69 Å². The van der Waals surface area contributed by atoms with Gasteiger partial charge in [-0.15, -0.1) is 0 Å². The van der Waals surface area contributed by atoms with E-state index in [1.165, 1.54) is 18.4 Å². The number of anilines is 1. The predicted octanol–water partition coefficient (Wildman–Crippen LogP) is 4.61. The summed E-state index contributed by atoms with van der Waals surface area (Å²) in [6.45, 7) is 0. The van der Waals surface area contributed by atoms with Gasteiger partial charge in [0, 0.05) is 30.9 Å². The quantitative estimate of drug-likeness (QED) is 0.179. The Morgan fingerprint density at radius 3 is 2.26 bits per heavy atom. The van der Waals surface area contributed by atoms with Crippen LogP contribution in [-0.2, 0) is 4.79 Å². The average Bonchev–Trinajstić information content (AvgIpc) is 2.86.